The molecule has 0 unspecified atom stereocenters. The minimum absolute atomic E-state index is 0.342. The number of hydrogen-bond donors (Lipinski definition) is 1. The summed E-state index contributed by atoms with van der Waals surface area (Å²) in [7, 11) is 0. The van der Waals surface area contributed by atoms with Gasteiger partial charge < -0.3 is 4.98 Å². The lowest BCUT2D eigenvalue weighted by Crippen LogP contribution is -2.28. The van der Waals surface area contributed by atoms with Crippen LogP contribution in [0, 0.1) is 0 Å². The van der Waals surface area contributed by atoms with Crippen molar-refractivity contribution in [1.82, 2.24) is 29.6 Å². The Morgan fingerprint density at radius 1 is 1.21 bits per heavy atom. The molecule has 1 atom stereocenters. The number of likely N-dealkylation sites (tertiary alicyclic amines) is 1. The predicted molar refractivity (Wildman–Crippen MR) is 92.6 cm³/mol. The normalized spacial score (nSPS) is 18.3. The molecule has 4 rings (SSSR count). The first kappa shape index (κ1) is 15.4. The molecule has 2 aromatic heterocycles. The van der Waals surface area contributed by atoms with Crippen molar-refractivity contribution in [1.29, 1.82) is 0 Å². The van der Waals surface area contributed by atoms with Gasteiger partial charge in [-0.1, -0.05) is 23.7 Å². The molecule has 1 aliphatic heterocycles. The highest BCUT2D eigenvalue weighted by molar-refractivity contribution is 6.30. The Bertz CT molecular complexity index is 780. The minimum Gasteiger partial charge on any atom is -0.341 e. The summed E-state index contributed by atoms with van der Waals surface area (Å²) >= 11 is 5.96. The lowest BCUT2D eigenvalue weighted by molar-refractivity contribution is 0.236. The Balaban J connectivity index is 1.47. The van der Waals surface area contributed by atoms with Crippen LogP contribution in [-0.4, -0.2) is 42.7 Å². The van der Waals surface area contributed by atoms with Gasteiger partial charge in [0, 0.05) is 11.6 Å². The Labute approximate surface area is 145 Å². The van der Waals surface area contributed by atoms with E-state index < -0.39 is 0 Å². The third-order valence-electron chi connectivity index (χ3n) is 4.51. The summed E-state index contributed by atoms with van der Waals surface area (Å²) in [6.07, 6.45) is 7.57. The van der Waals surface area contributed by atoms with Gasteiger partial charge in [0.15, 0.2) is 0 Å². The first-order valence-electron chi connectivity index (χ1n) is 8.17. The highest BCUT2D eigenvalue weighted by Gasteiger charge is 2.28. The second kappa shape index (κ2) is 6.75. The van der Waals surface area contributed by atoms with Gasteiger partial charge in [0.05, 0.1) is 24.5 Å². The third-order valence-corrected chi connectivity index (χ3v) is 4.76. The molecular weight excluding hydrogens is 324 g/mol. The van der Waals surface area contributed by atoms with Crippen LogP contribution >= 0.6 is 11.6 Å². The van der Waals surface area contributed by atoms with Crippen LogP contribution in [0.25, 0.3) is 11.3 Å². The molecule has 1 fully saturated rings. The molecule has 0 spiro atoms. The van der Waals surface area contributed by atoms with E-state index in [-0.39, 0.29) is 0 Å². The fourth-order valence-electron chi connectivity index (χ4n) is 3.26. The van der Waals surface area contributed by atoms with Crippen molar-refractivity contribution in [3.63, 3.8) is 0 Å². The van der Waals surface area contributed by atoms with Gasteiger partial charge in [-0.05, 0) is 37.1 Å². The molecular formula is C17H19ClN6. The van der Waals surface area contributed by atoms with Gasteiger partial charge in [-0.25, -0.2) is 9.97 Å². The molecule has 3 heterocycles. The van der Waals surface area contributed by atoms with Crippen LogP contribution in [0.3, 0.4) is 0 Å². The number of halogens is 1. The zero-order valence-electron chi connectivity index (χ0n) is 13.3. The van der Waals surface area contributed by atoms with Crippen LogP contribution in [0.5, 0.6) is 0 Å². The molecule has 24 heavy (non-hydrogen) atoms. The van der Waals surface area contributed by atoms with Crippen molar-refractivity contribution in [2.24, 2.45) is 0 Å². The molecule has 1 aromatic carbocycles. The first-order chi connectivity index (χ1) is 11.8. The molecule has 1 N–H and O–H groups in total. The fraction of sp³-hybridized carbons (Fsp3) is 0.353. The number of rotatable bonds is 5. The summed E-state index contributed by atoms with van der Waals surface area (Å²) < 4.78 is 1.87. The number of imidazole rings is 1. The van der Waals surface area contributed by atoms with Crippen molar-refractivity contribution in [3.05, 3.63) is 54.0 Å². The highest BCUT2D eigenvalue weighted by atomic mass is 35.5. The second-order valence-corrected chi connectivity index (χ2v) is 6.48. The Morgan fingerprint density at radius 3 is 2.88 bits per heavy atom. The number of H-pyrrole nitrogens is 1. The van der Waals surface area contributed by atoms with E-state index in [0.29, 0.717) is 6.04 Å². The van der Waals surface area contributed by atoms with Crippen LogP contribution in [0.2, 0.25) is 5.02 Å². The van der Waals surface area contributed by atoms with Crippen LogP contribution in [0.1, 0.15) is 24.7 Å². The number of aromatic amines is 1. The number of aromatic nitrogens is 5. The van der Waals surface area contributed by atoms with E-state index in [1.54, 1.807) is 12.7 Å². The molecule has 7 heteroatoms. The largest absolute Gasteiger partial charge is 0.341 e. The second-order valence-electron chi connectivity index (χ2n) is 6.04. The molecule has 124 valence electrons. The van der Waals surface area contributed by atoms with E-state index in [9.17, 15) is 0 Å². The third kappa shape index (κ3) is 3.20. The number of nitrogens with zero attached hydrogens (tertiary/aromatic N) is 5. The number of benzene rings is 1. The average Bonchev–Trinajstić information content (AvgIpc) is 3.34. The maximum Gasteiger partial charge on any atom is 0.137 e. The molecule has 3 aromatic rings. The van der Waals surface area contributed by atoms with Gasteiger partial charge in [0.2, 0.25) is 0 Å². The van der Waals surface area contributed by atoms with Crippen LogP contribution in [-0.2, 0) is 6.54 Å². The van der Waals surface area contributed by atoms with Gasteiger partial charge in [0.1, 0.15) is 18.5 Å². The summed E-state index contributed by atoms with van der Waals surface area (Å²) in [5, 5.41) is 4.91. The minimum atomic E-state index is 0.342. The SMILES string of the molecule is Clc1ccc(-c2cnc([C@H]3CCCN3CCn3cncn3)[nH]2)cc1. The van der Waals surface area contributed by atoms with E-state index in [4.69, 9.17) is 11.6 Å². The lowest BCUT2D eigenvalue weighted by atomic mass is 10.2. The summed E-state index contributed by atoms with van der Waals surface area (Å²) in [5.74, 6) is 1.04. The zero-order valence-corrected chi connectivity index (χ0v) is 14.0. The summed E-state index contributed by atoms with van der Waals surface area (Å²) in [5.41, 5.74) is 2.13. The quantitative estimate of drug-likeness (QED) is 0.773. The molecule has 0 bridgehead atoms. The maximum atomic E-state index is 5.96. The van der Waals surface area contributed by atoms with Gasteiger partial charge >= 0.3 is 0 Å². The predicted octanol–water partition coefficient (Wildman–Crippen LogP) is 3.16. The van der Waals surface area contributed by atoms with Crippen molar-refractivity contribution in [2.75, 3.05) is 13.1 Å². The van der Waals surface area contributed by atoms with Crippen LogP contribution in [0.15, 0.2) is 43.1 Å². The van der Waals surface area contributed by atoms with E-state index >= 15 is 0 Å². The molecule has 6 nitrogen and oxygen atoms in total. The van der Waals surface area contributed by atoms with E-state index in [1.165, 1.54) is 6.42 Å². The Morgan fingerprint density at radius 2 is 2.08 bits per heavy atom. The summed E-state index contributed by atoms with van der Waals surface area (Å²) in [4.78, 5) is 14.6. The molecule has 1 aliphatic rings. The molecule has 0 saturated carbocycles. The average molecular weight is 343 g/mol. The van der Waals surface area contributed by atoms with E-state index in [1.807, 2.05) is 35.1 Å². The van der Waals surface area contributed by atoms with Gasteiger partial charge in [0.25, 0.3) is 0 Å². The van der Waals surface area contributed by atoms with Gasteiger partial charge in [-0.2, -0.15) is 5.10 Å². The highest BCUT2D eigenvalue weighted by Crippen LogP contribution is 2.31. The van der Waals surface area contributed by atoms with Crippen LogP contribution < -0.4 is 0 Å². The molecule has 0 aliphatic carbocycles. The van der Waals surface area contributed by atoms with Crippen molar-refractivity contribution in [3.8, 4) is 11.3 Å². The van der Waals surface area contributed by atoms with Crippen molar-refractivity contribution < 1.29 is 0 Å². The number of nitrogens with one attached hydrogen (secondary N) is 1. The van der Waals surface area contributed by atoms with E-state index in [2.05, 4.69) is 25.0 Å². The molecule has 0 radical (unpaired) electrons. The van der Waals surface area contributed by atoms with Gasteiger partial charge in [-0.15, -0.1) is 0 Å². The first-order valence-corrected chi connectivity index (χ1v) is 8.55. The van der Waals surface area contributed by atoms with Crippen LogP contribution in [0.4, 0.5) is 0 Å². The smallest absolute Gasteiger partial charge is 0.137 e. The van der Waals surface area contributed by atoms with E-state index in [0.717, 1.165) is 48.2 Å². The number of hydrogen-bond acceptors (Lipinski definition) is 4. The molecule has 1 saturated heterocycles. The molecule has 0 amide bonds. The van der Waals surface area contributed by atoms with Gasteiger partial charge in [-0.3, -0.25) is 9.58 Å². The fourth-order valence-corrected chi connectivity index (χ4v) is 3.39. The van der Waals surface area contributed by atoms with Crippen molar-refractivity contribution >= 4 is 11.6 Å². The summed E-state index contributed by atoms with van der Waals surface area (Å²) in [6, 6.07) is 8.16. The maximum absolute atomic E-state index is 5.96. The topological polar surface area (TPSA) is 62.6 Å². The Hall–Kier alpha value is -2.18. The standard InChI is InChI=1S/C17H19ClN6/c18-14-5-3-13(4-6-14)15-10-20-17(22-15)16-2-1-7-23(16)8-9-24-12-19-11-21-24/h3-6,10-12,16H,1-2,7-9H2,(H,20,22)/t16-/m1/s1. The zero-order chi connectivity index (χ0) is 16.4. The summed E-state index contributed by atoms with van der Waals surface area (Å²) in [6.45, 7) is 2.89. The van der Waals surface area contributed by atoms with Crippen molar-refractivity contribution in [2.45, 2.75) is 25.4 Å². The Kier molecular flexibility index (Phi) is 4.32. The lowest BCUT2D eigenvalue weighted by Gasteiger charge is -2.22. The monoisotopic (exact) mass is 342 g/mol.